The largest absolute Gasteiger partial charge is 0.396 e. The monoisotopic (exact) mass is 279 g/mol. The number of nitrogens with zero attached hydrogens (tertiary/aromatic N) is 2. The predicted molar refractivity (Wildman–Crippen MR) is 69.8 cm³/mol. The van der Waals surface area contributed by atoms with Crippen LogP contribution in [0.15, 0.2) is 34.9 Å². The Morgan fingerprint density at radius 2 is 1.88 bits per heavy atom. The van der Waals surface area contributed by atoms with Crippen LogP contribution in [0.4, 0.5) is 5.69 Å². The highest BCUT2D eigenvalue weighted by molar-refractivity contribution is 9.10. The molecule has 0 fully saturated rings. The van der Waals surface area contributed by atoms with Crippen LogP contribution in [0, 0.1) is 0 Å². The van der Waals surface area contributed by atoms with E-state index in [-0.39, 0.29) is 0 Å². The summed E-state index contributed by atoms with van der Waals surface area (Å²) >= 11 is 3.42. The van der Waals surface area contributed by atoms with Gasteiger partial charge in [0.2, 0.25) is 0 Å². The average Bonchev–Trinajstić information content (AvgIpc) is 2.61. The second kappa shape index (κ2) is 4.29. The van der Waals surface area contributed by atoms with Crippen molar-refractivity contribution in [2.45, 2.75) is 19.8 Å². The molecule has 0 spiro atoms. The summed E-state index contributed by atoms with van der Waals surface area (Å²) in [6, 6.07) is 8.03. The Kier molecular flexibility index (Phi) is 3.01. The van der Waals surface area contributed by atoms with E-state index in [1.165, 1.54) is 0 Å². The Labute approximate surface area is 103 Å². The maximum absolute atomic E-state index is 5.92. The number of aromatic nitrogens is 2. The number of hydrogen-bond donors (Lipinski definition) is 1. The quantitative estimate of drug-likeness (QED) is 0.916. The molecule has 16 heavy (non-hydrogen) atoms. The molecule has 0 unspecified atom stereocenters. The van der Waals surface area contributed by atoms with Crippen molar-refractivity contribution in [3.05, 3.63) is 40.6 Å². The number of rotatable bonds is 2. The van der Waals surface area contributed by atoms with Crippen LogP contribution in [0.3, 0.4) is 0 Å². The fraction of sp³-hybridized carbons (Fsp3) is 0.250. The molecule has 84 valence electrons. The van der Waals surface area contributed by atoms with Gasteiger partial charge in [-0.25, -0.2) is 4.68 Å². The lowest BCUT2D eigenvalue weighted by Crippen LogP contribution is -2.05. The topological polar surface area (TPSA) is 43.8 Å². The van der Waals surface area contributed by atoms with Crippen molar-refractivity contribution >= 4 is 21.6 Å². The van der Waals surface area contributed by atoms with Crippen LogP contribution in [0.25, 0.3) is 5.69 Å². The minimum atomic E-state index is 0.353. The first-order chi connectivity index (χ1) is 7.59. The van der Waals surface area contributed by atoms with Gasteiger partial charge in [-0.05, 0) is 30.2 Å². The molecule has 0 aliphatic carbocycles. The molecule has 1 aromatic carbocycles. The third-order valence-electron chi connectivity index (χ3n) is 2.45. The van der Waals surface area contributed by atoms with Crippen LogP contribution in [-0.2, 0) is 0 Å². The number of anilines is 1. The van der Waals surface area contributed by atoms with E-state index in [1.54, 1.807) is 6.20 Å². The minimum absolute atomic E-state index is 0.353. The lowest BCUT2D eigenvalue weighted by molar-refractivity contribution is 0.736. The van der Waals surface area contributed by atoms with Crippen LogP contribution in [0.5, 0.6) is 0 Å². The van der Waals surface area contributed by atoms with Crippen molar-refractivity contribution in [1.82, 2.24) is 9.78 Å². The van der Waals surface area contributed by atoms with E-state index < -0.39 is 0 Å². The Hall–Kier alpha value is -1.29. The van der Waals surface area contributed by atoms with Crippen molar-refractivity contribution in [2.75, 3.05) is 5.73 Å². The molecule has 1 heterocycles. The Balaban J connectivity index is 2.52. The number of nitrogens with two attached hydrogens (primary N) is 1. The molecule has 0 saturated heterocycles. The number of halogens is 1. The molecule has 1 aromatic heterocycles. The van der Waals surface area contributed by atoms with Gasteiger partial charge in [-0.15, -0.1) is 0 Å². The van der Waals surface area contributed by atoms with Crippen LogP contribution in [0.2, 0.25) is 0 Å². The van der Waals surface area contributed by atoms with Crippen LogP contribution < -0.4 is 5.73 Å². The smallest absolute Gasteiger partial charge is 0.0740 e. The Bertz CT molecular complexity index is 485. The first-order valence-electron chi connectivity index (χ1n) is 5.19. The van der Waals surface area contributed by atoms with E-state index in [0.29, 0.717) is 5.92 Å². The maximum Gasteiger partial charge on any atom is 0.0740 e. The molecule has 2 rings (SSSR count). The fourth-order valence-corrected chi connectivity index (χ4v) is 2.00. The molecular weight excluding hydrogens is 266 g/mol. The summed E-state index contributed by atoms with van der Waals surface area (Å²) in [6.07, 6.45) is 1.71. The summed E-state index contributed by atoms with van der Waals surface area (Å²) in [5.41, 5.74) is 8.75. The molecule has 0 bridgehead atoms. The van der Waals surface area contributed by atoms with Gasteiger partial charge in [0, 0.05) is 4.47 Å². The molecule has 0 aliphatic heterocycles. The van der Waals surface area contributed by atoms with Gasteiger partial charge in [0.1, 0.15) is 0 Å². The minimum Gasteiger partial charge on any atom is -0.396 e. The van der Waals surface area contributed by atoms with Gasteiger partial charge < -0.3 is 5.73 Å². The molecule has 3 nitrogen and oxygen atoms in total. The lowest BCUT2D eigenvalue weighted by atomic mass is 10.1. The third kappa shape index (κ3) is 1.97. The Morgan fingerprint density at radius 1 is 1.25 bits per heavy atom. The molecule has 0 radical (unpaired) electrons. The number of hydrogen-bond acceptors (Lipinski definition) is 2. The summed E-state index contributed by atoms with van der Waals surface area (Å²) in [6.45, 7) is 4.23. The summed E-state index contributed by atoms with van der Waals surface area (Å²) in [4.78, 5) is 0. The summed E-state index contributed by atoms with van der Waals surface area (Å²) < 4.78 is 2.95. The molecule has 4 heteroatoms. The van der Waals surface area contributed by atoms with E-state index in [0.717, 1.165) is 21.5 Å². The highest BCUT2D eigenvalue weighted by atomic mass is 79.9. The van der Waals surface area contributed by atoms with E-state index >= 15 is 0 Å². The van der Waals surface area contributed by atoms with Crippen LogP contribution in [-0.4, -0.2) is 9.78 Å². The molecule has 2 aromatic rings. The van der Waals surface area contributed by atoms with Gasteiger partial charge in [0.25, 0.3) is 0 Å². The highest BCUT2D eigenvalue weighted by Crippen LogP contribution is 2.25. The maximum atomic E-state index is 5.92. The van der Waals surface area contributed by atoms with Crippen LogP contribution >= 0.6 is 15.9 Å². The zero-order valence-electron chi connectivity index (χ0n) is 9.31. The van der Waals surface area contributed by atoms with Crippen LogP contribution in [0.1, 0.15) is 25.5 Å². The van der Waals surface area contributed by atoms with Gasteiger partial charge in [-0.3, -0.25) is 0 Å². The van der Waals surface area contributed by atoms with Crippen molar-refractivity contribution in [3.63, 3.8) is 0 Å². The third-order valence-corrected chi connectivity index (χ3v) is 2.98. The van der Waals surface area contributed by atoms with E-state index in [2.05, 4.69) is 34.9 Å². The number of benzene rings is 1. The van der Waals surface area contributed by atoms with E-state index in [4.69, 9.17) is 5.73 Å². The molecule has 2 N–H and O–H groups in total. The number of nitrogen functional groups attached to an aromatic ring is 1. The zero-order chi connectivity index (χ0) is 11.7. The van der Waals surface area contributed by atoms with Gasteiger partial charge in [-0.2, -0.15) is 5.10 Å². The van der Waals surface area contributed by atoms with Gasteiger partial charge in [0.15, 0.2) is 0 Å². The van der Waals surface area contributed by atoms with Gasteiger partial charge >= 0.3 is 0 Å². The van der Waals surface area contributed by atoms with Gasteiger partial charge in [0.05, 0.1) is 23.3 Å². The normalized spacial score (nSPS) is 11.0. The summed E-state index contributed by atoms with van der Waals surface area (Å²) in [5, 5.41) is 4.31. The van der Waals surface area contributed by atoms with Crippen molar-refractivity contribution in [1.29, 1.82) is 0 Å². The summed E-state index contributed by atoms with van der Waals surface area (Å²) in [7, 11) is 0. The molecule has 0 saturated carbocycles. The van der Waals surface area contributed by atoms with Crippen molar-refractivity contribution in [2.24, 2.45) is 0 Å². The second-order valence-electron chi connectivity index (χ2n) is 4.03. The molecule has 0 aliphatic rings. The zero-order valence-corrected chi connectivity index (χ0v) is 10.9. The molecular formula is C12H14BrN3. The lowest BCUT2D eigenvalue weighted by Gasteiger charge is -2.11. The Morgan fingerprint density at radius 3 is 2.44 bits per heavy atom. The first kappa shape index (κ1) is 11.2. The van der Waals surface area contributed by atoms with Crippen molar-refractivity contribution < 1.29 is 0 Å². The van der Waals surface area contributed by atoms with E-state index in [9.17, 15) is 0 Å². The SMILES string of the molecule is CC(C)c1c(N)cnn1-c1ccc(Br)cc1. The van der Waals surface area contributed by atoms with E-state index in [1.807, 2.05) is 28.9 Å². The van der Waals surface area contributed by atoms with Crippen molar-refractivity contribution in [3.8, 4) is 5.69 Å². The van der Waals surface area contributed by atoms with Gasteiger partial charge in [-0.1, -0.05) is 29.8 Å². The summed E-state index contributed by atoms with van der Waals surface area (Å²) in [5.74, 6) is 0.353. The second-order valence-corrected chi connectivity index (χ2v) is 4.94. The highest BCUT2D eigenvalue weighted by Gasteiger charge is 2.12. The average molecular weight is 280 g/mol. The fourth-order valence-electron chi connectivity index (χ4n) is 1.74. The molecule has 0 atom stereocenters. The first-order valence-corrected chi connectivity index (χ1v) is 5.98. The standard InChI is InChI=1S/C12H14BrN3/c1-8(2)12-11(14)7-15-16(12)10-5-3-9(13)4-6-10/h3-8H,14H2,1-2H3. The molecule has 0 amide bonds. The predicted octanol–water partition coefficient (Wildman–Crippen LogP) is 3.34.